The van der Waals surface area contributed by atoms with Crippen molar-refractivity contribution in [1.82, 2.24) is 10.2 Å². The van der Waals surface area contributed by atoms with Crippen molar-refractivity contribution >= 4 is 5.91 Å². The molecule has 16 heavy (non-hydrogen) atoms. The Morgan fingerprint density at radius 2 is 1.81 bits per heavy atom. The Morgan fingerprint density at radius 1 is 1.25 bits per heavy atom. The van der Waals surface area contributed by atoms with Gasteiger partial charge in [-0.2, -0.15) is 0 Å². The van der Waals surface area contributed by atoms with Crippen LogP contribution in [0.25, 0.3) is 0 Å². The summed E-state index contributed by atoms with van der Waals surface area (Å²) in [5.41, 5.74) is 2.87. The average molecular weight is 220 g/mol. The Bertz CT molecular complexity index is 352. The number of likely N-dealkylation sites (N-methyl/N-ethyl adjacent to an activating group) is 1. The number of carbonyl (C=O) groups excluding carboxylic acids is 1. The molecule has 88 valence electrons. The minimum atomic E-state index is 0.0254. The van der Waals surface area contributed by atoms with Gasteiger partial charge in [0.05, 0.1) is 0 Å². The molecule has 1 amide bonds. The number of amides is 1. The van der Waals surface area contributed by atoms with Crippen molar-refractivity contribution in [3.05, 3.63) is 34.9 Å². The Hall–Kier alpha value is -1.35. The van der Waals surface area contributed by atoms with Gasteiger partial charge >= 0.3 is 0 Å². The topological polar surface area (TPSA) is 32.3 Å². The fourth-order valence-electron chi connectivity index (χ4n) is 1.65. The SMILES string of the molecule is Cc1cccc(C)c1C(=O)NCCN(C)C. The van der Waals surface area contributed by atoms with E-state index in [4.69, 9.17) is 0 Å². The predicted octanol–water partition coefficient (Wildman–Crippen LogP) is 1.59. The van der Waals surface area contributed by atoms with Gasteiger partial charge in [-0.3, -0.25) is 4.79 Å². The van der Waals surface area contributed by atoms with Crippen LogP contribution in [0.5, 0.6) is 0 Å². The second-order valence-corrected chi connectivity index (χ2v) is 4.33. The smallest absolute Gasteiger partial charge is 0.251 e. The van der Waals surface area contributed by atoms with Crippen LogP contribution in [0.2, 0.25) is 0 Å². The maximum Gasteiger partial charge on any atom is 0.251 e. The Kier molecular flexibility index (Phi) is 4.50. The van der Waals surface area contributed by atoms with Crippen LogP contribution in [-0.4, -0.2) is 38.0 Å². The van der Waals surface area contributed by atoms with Crippen LogP contribution < -0.4 is 5.32 Å². The van der Waals surface area contributed by atoms with Crippen LogP contribution in [-0.2, 0) is 0 Å². The summed E-state index contributed by atoms with van der Waals surface area (Å²) >= 11 is 0. The van der Waals surface area contributed by atoms with Crippen molar-refractivity contribution in [2.24, 2.45) is 0 Å². The van der Waals surface area contributed by atoms with E-state index in [0.29, 0.717) is 6.54 Å². The lowest BCUT2D eigenvalue weighted by atomic mass is 10.0. The van der Waals surface area contributed by atoms with E-state index in [9.17, 15) is 4.79 Å². The van der Waals surface area contributed by atoms with Crippen LogP contribution >= 0.6 is 0 Å². The minimum Gasteiger partial charge on any atom is -0.351 e. The lowest BCUT2D eigenvalue weighted by molar-refractivity contribution is 0.0950. The van der Waals surface area contributed by atoms with Crippen LogP contribution in [0.3, 0.4) is 0 Å². The third kappa shape index (κ3) is 3.35. The van der Waals surface area contributed by atoms with Crippen LogP contribution in [0, 0.1) is 13.8 Å². The molecule has 3 nitrogen and oxygen atoms in total. The molecule has 0 aromatic heterocycles. The maximum atomic E-state index is 11.9. The monoisotopic (exact) mass is 220 g/mol. The van der Waals surface area contributed by atoms with Crippen LogP contribution in [0.15, 0.2) is 18.2 Å². The normalized spacial score (nSPS) is 10.6. The van der Waals surface area contributed by atoms with Gasteiger partial charge in [-0.25, -0.2) is 0 Å². The van der Waals surface area contributed by atoms with Gasteiger partial charge in [-0.15, -0.1) is 0 Å². The summed E-state index contributed by atoms with van der Waals surface area (Å²) < 4.78 is 0. The molecule has 0 unspecified atom stereocenters. The van der Waals surface area contributed by atoms with Crippen molar-refractivity contribution in [2.45, 2.75) is 13.8 Å². The number of benzene rings is 1. The number of nitrogens with one attached hydrogen (secondary N) is 1. The second-order valence-electron chi connectivity index (χ2n) is 4.33. The average Bonchev–Trinajstić information content (AvgIpc) is 2.16. The summed E-state index contributed by atoms with van der Waals surface area (Å²) in [6, 6.07) is 5.91. The fourth-order valence-corrected chi connectivity index (χ4v) is 1.65. The zero-order chi connectivity index (χ0) is 12.1. The highest BCUT2D eigenvalue weighted by Crippen LogP contribution is 2.12. The first-order chi connectivity index (χ1) is 7.52. The van der Waals surface area contributed by atoms with Crippen molar-refractivity contribution in [3.63, 3.8) is 0 Å². The van der Waals surface area contributed by atoms with E-state index in [0.717, 1.165) is 23.2 Å². The van der Waals surface area contributed by atoms with Crippen molar-refractivity contribution in [3.8, 4) is 0 Å². The van der Waals surface area contributed by atoms with E-state index >= 15 is 0 Å². The highest BCUT2D eigenvalue weighted by molar-refractivity contribution is 5.97. The van der Waals surface area contributed by atoms with Gasteiger partial charge in [0, 0.05) is 18.7 Å². The van der Waals surface area contributed by atoms with E-state index in [-0.39, 0.29) is 5.91 Å². The van der Waals surface area contributed by atoms with Gasteiger partial charge in [0.2, 0.25) is 0 Å². The van der Waals surface area contributed by atoms with Crippen molar-refractivity contribution < 1.29 is 4.79 Å². The summed E-state index contributed by atoms with van der Waals surface area (Å²) in [4.78, 5) is 14.0. The largest absolute Gasteiger partial charge is 0.351 e. The quantitative estimate of drug-likeness (QED) is 0.836. The Labute approximate surface area is 97.5 Å². The number of aryl methyl sites for hydroxylation is 2. The van der Waals surface area contributed by atoms with Gasteiger partial charge in [0.25, 0.3) is 5.91 Å². The first-order valence-electron chi connectivity index (χ1n) is 5.51. The summed E-state index contributed by atoms with van der Waals surface area (Å²) in [5.74, 6) is 0.0254. The van der Waals surface area contributed by atoms with Gasteiger partial charge in [0.1, 0.15) is 0 Å². The van der Waals surface area contributed by atoms with Gasteiger partial charge < -0.3 is 10.2 Å². The first-order valence-corrected chi connectivity index (χ1v) is 5.51. The van der Waals surface area contributed by atoms with Gasteiger partial charge in [-0.05, 0) is 39.1 Å². The molecule has 0 heterocycles. The standard InChI is InChI=1S/C13H20N2O/c1-10-6-5-7-11(2)12(10)13(16)14-8-9-15(3)4/h5-7H,8-9H2,1-4H3,(H,14,16). The van der Waals surface area contributed by atoms with Gasteiger partial charge in [0.15, 0.2) is 0 Å². The zero-order valence-corrected chi connectivity index (χ0v) is 10.5. The first kappa shape index (κ1) is 12.7. The lowest BCUT2D eigenvalue weighted by Crippen LogP contribution is -2.32. The molecule has 1 N–H and O–H groups in total. The molecular weight excluding hydrogens is 200 g/mol. The van der Waals surface area contributed by atoms with Gasteiger partial charge in [-0.1, -0.05) is 18.2 Å². The molecule has 0 fully saturated rings. The minimum absolute atomic E-state index is 0.0254. The molecule has 1 aromatic carbocycles. The molecule has 0 atom stereocenters. The zero-order valence-electron chi connectivity index (χ0n) is 10.5. The fraction of sp³-hybridized carbons (Fsp3) is 0.462. The van der Waals surface area contributed by atoms with Crippen molar-refractivity contribution in [1.29, 1.82) is 0 Å². The molecule has 0 aliphatic carbocycles. The van der Waals surface area contributed by atoms with Crippen molar-refractivity contribution in [2.75, 3.05) is 27.2 Å². The summed E-state index contributed by atoms with van der Waals surface area (Å²) in [5, 5.41) is 2.93. The predicted molar refractivity (Wildman–Crippen MR) is 66.8 cm³/mol. The van der Waals surface area contributed by atoms with E-state index in [1.807, 2.05) is 51.0 Å². The van der Waals surface area contributed by atoms with E-state index in [1.54, 1.807) is 0 Å². The number of hydrogen-bond acceptors (Lipinski definition) is 2. The number of rotatable bonds is 4. The molecule has 0 saturated heterocycles. The molecular formula is C13H20N2O. The number of hydrogen-bond donors (Lipinski definition) is 1. The summed E-state index contributed by atoms with van der Waals surface area (Å²) in [6.07, 6.45) is 0. The lowest BCUT2D eigenvalue weighted by Gasteiger charge is -2.12. The van der Waals surface area contributed by atoms with Crippen LogP contribution in [0.4, 0.5) is 0 Å². The molecule has 0 spiro atoms. The molecule has 1 aromatic rings. The highest BCUT2D eigenvalue weighted by atomic mass is 16.1. The summed E-state index contributed by atoms with van der Waals surface area (Å²) in [6.45, 7) is 5.47. The third-order valence-corrected chi connectivity index (χ3v) is 2.55. The maximum absolute atomic E-state index is 11.9. The molecule has 0 radical (unpaired) electrons. The molecule has 1 rings (SSSR count). The number of carbonyl (C=O) groups is 1. The third-order valence-electron chi connectivity index (χ3n) is 2.55. The molecule has 0 aliphatic rings. The summed E-state index contributed by atoms with van der Waals surface area (Å²) in [7, 11) is 3.98. The molecule has 3 heteroatoms. The number of nitrogens with zero attached hydrogens (tertiary/aromatic N) is 1. The van der Waals surface area contributed by atoms with Crippen LogP contribution in [0.1, 0.15) is 21.5 Å². The highest BCUT2D eigenvalue weighted by Gasteiger charge is 2.10. The molecule has 0 saturated carbocycles. The van der Waals surface area contributed by atoms with E-state index < -0.39 is 0 Å². The Morgan fingerprint density at radius 3 is 2.31 bits per heavy atom. The van der Waals surface area contributed by atoms with E-state index in [2.05, 4.69) is 5.32 Å². The molecule has 0 aliphatic heterocycles. The van der Waals surface area contributed by atoms with E-state index in [1.165, 1.54) is 0 Å². The molecule has 0 bridgehead atoms. The second kappa shape index (κ2) is 5.66. The Balaban J connectivity index is 2.66.